The van der Waals surface area contributed by atoms with Gasteiger partial charge in [-0.25, -0.2) is 13.6 Å². The summed E-state index contributed by atoms with van der Waals surface area (Å²) >= 11 is 0. The number of nitrogens with zero attached hydrogens (tertiary/aromatic N) is 1. The van der Waals surface area contributed by atoms with Crippen LogP contribution in [0.3, 0.4) is 0 Å². The van der Waals surface area contributed by atoms with Crippen LogP contribution in [0.25, 0.3) is 0 Å². The maximum Gasteiger partial charge on any atom is 0.270 e. The number of sulfonamides is 1. The van der Waals surface area contributed by atoms with Gasteiger partial charge in [0.05, 0.1) is 4.90 Å². The number of aromatic nitrogens is 1. The molecule has 0 spiro atoms. The van der Waals surface area contributed by atoms with E-state index >= 15 is 0 Å². The second-order valence-corrected chi connectivity index (χ2v) is 6.15. The fourth-order valence-electron chi connectivity index (χ4n) is 1.86. The highest BCUT2D eigenvalue weighted by Crippen LogP contribution is 2.12. The molecule has 1 heterocycles. The molecule has 1 aromatic carbocycles. The van der Waals surface area contributed by atoms with Crippen molar-refractivity contribution in [3.05, 3.63) is 47.3 Å². The molecule has 0 aliphatic heterocycles. The molecule has 0 bridgehead atoms. The molecule has 1 aromatic heterocycles. The number of amides is 1. The van der Waals surface area contributed by atoms with Gasteiger partial charge in [0.15, 0.2) is 5.69 Å². The van der Waals surface area contributed by atoms with Gasteiger partial charge in [-0.1, -0.05) is 17.3 Å². The Bertz CT molecular complexity index is 735. The average Bonchev–Trinajstić information content (AvgIpc) is 2.87. The highest BCUT2D eigenvalue weighted by Gasteiger charge is 2.09. The summed E-state index contributed by atoms with van der Waals surface area (Å²) in [6, 6.07) is 7.91. The molecule has 0 aliphatic carbocycles. The van der Waals surface area contributed by atoms with Crippen LogP contribution in [0.1, 0.15) is 28.2 Å². The number of hydrogen-bond donors (Lipinski definition) is 2. The van der Waals surface area contributed by atoms with Crippen molar-refractivity contribution in [1.82, 2.24) is 5.16 Å². The summed E-state index contributed by atoms with van der Waals surface area (Å²) in [4.78, 5) is 11.0. The predicted molar refractivity (Wildman–Crippen MR) is 74.9 cm³/mol. The molecule has 0 unspecified atom stereocenters. The third kappa shape index (κ3) is 4.14. The zero-order valence-electron chi connectivity index (χ0n) is 11.2. The van der Waals surface area contributed by atoms with Crippen LogP contribution in [0.15, 0.2) is 39.8 Å². The first-order valence-corrected chi connectivity index (χ1v) is 7.78. The molecule has 112 valence electrons. The van der Waals surface area contributed by atoms with Gasteiger partial charge in [-0.15, -0.1) is 0 Å². The first-order chi connectivity index (χ1) is 9.86. The van der Waals surface area contributed by atoms with Gasteiger partial charge in [-0.3, -0.25) is 4.79 Å². The lowest BCUT2D eigenvalue weighted by atomic mass is 10.1. The topological polar surface area (TPSA) is 129 Å². The first-order valence-electron chi connectivity index (χ1n) is 6.23. The van der Waals surface area contributed by atoms with E-state index in [1.54, 1.807) is 12.1 Å². The Labute approximate surface area is 122 Å². The van der Waals surface area contributed by atoms with Crippen LogP contribution in [-0.2, 0) is 22.9 Å². The van der Waals surface area contributed by atoms with Crippen molar-refractivity contribution < 1.29 is 17.7 Å². The van der Waals surface area contributed by atoms with Gasteiger partial charge >= 0.3 is 0 Å². The molecule has 0 fully saturated rings. The quantitative estimate of drug-likeness (QED) is 0.807. The zero-order valence-corrected chi connectivity index (χ0v) is 12.0. The smallest absolute Gasteiger partial charge is 0.270 e. The summed E-state index contributed by atoms with van der Waals surface area (Å²) < 4.78 is 27.2. The molecule has 1 amide bonds. The standard InChI is InChI=1S/C13H15N3O4S/c14-13(17)12-8-10(20-16-12)3-1-2-9-4-6-11(7-5-9)21(15,18)19/h4-8H,1-3H2,(H2,14,17)(H2,15,18,19). The summed E-state index contributed by atoms with van der Waals surface area (Å²) in [5, 5.41) is 8.57. The Balaban J connectivity index is 1.89. The third-order valence-corrected chi connectivity index (χ3v) is 3.88. The molecule has 2 rings (SSSR count). The molecule has 0 saturated carbocycles. The van der Waals surface area contributed by atoms with E-state index in [0.29, 0.717) is 12.2 Å². The Hall–Kier alpha value is -2.19. The second kappa shape index (κ2) is 6.06. The third-order valence-electron chi connectivity index (χ3n) is 2.95. The predicted octanol–water partition coefficient (Wildman–Crippen LogP) is 0.596. The zero-order chi connectivity index (χ0) is 15.5. The molecular weight excluding hydrogens is 294 g/mol. The summed E-state index contributed by atoms with van der Waals surface area (Å²) in [6.45, 7) is 0. The number of primary amides is 1. The van der Waals surface area contributed by atoms with Crippen molar-refractivity contribution in [1.29, 1.82) is 0 Å². The van der Waals surface area contributed by atoms with E-state index < -0.39 is 15.9 Å². The van der Waals surface area contributed by atoms with Crippen LogP contribution in [-0.4, -0.2) is 19.5 Å². The first kappa shape index (κ1) is 15.2. The normalized spacial score (nSPS) is 11.5. The molecule has 4 N–H and O–H groups in total. The second-order valence-electron chi connectivity index (χ2n) is 4.59. The molecule has 0 radical (unpaired) electrons. The molecule has 8 heteroatoms. The van der Waals surface area contributed by atoms with Gasteiger partial charge in [0.25, 0.3) is 5.91 Å². The molecule has 0 aliphatic rings. The number of rotatable bonds is 6. The van der Waals surface area contributed by atoms with E-state index in [2.05, 4.69) is 5.16 Å². The van der Waals surface area contributed by atoms with Crippen molar-refractivity contribution in [3.8, 4) is 0 Å². The highest BCUT2D eigenvalue weighted by atomic mass is 32.2. The molecule has 0 saturated heterocycles. The van der Waals surface area contributed by atoms with Crippen molar-refractivity contribution in [3.63, 3.8) is 0 Å². The van der Waals surface area contributed by atoms with Crippen LogP contribution in [0.4, 0.5) is 0 Å². The van der Waals surface area contributed by atoms with Crippen LogP contribution in [0.2, 0.25) is 0 Å². The molecule has 2 aromatic rings. The van der Waals surface area contributed by atoms with E-state index in [1.807, 2.05) is 0 Å². The van der Waals surface area contributed by atoms with Gasteiger partial charge < -0.3 is 10.3 Å². The summed E-state index contributed by atoms with van der Waals surface area (Å²) in [7, 11) is -3.66. The van der Waals surface area contributed by atoms with Crippen molar-refractivity contribution in [2.75, 3.05) is 0 Å². The van der Waals surface area contributed by atoms with Gasteiger partial charge in [-0.2, -0.15) is 0 Å². The fraction of sp³-hybridized carbons (Fsp3) is 0.231. The van der Waals surface area contributed by atoms with E-state index in [4.69, 9.17) is 15.4 Å². The number of aryl methyl sites for hydroxylation is 2. The van der Waals surface area contributed by atoms with Gasteiger partial charge in [-0.05, 0) is 30.5 Å². The van der Waals surface area contributed by atoms with E-state index in [9.17, 15) is 13.2 Å². The number of hydrogen-bond acceptors (Lipinski definition) is 5. The van der Waals surface area contributed by atoms with Gasteiger partial charge in [0.1, 0.15) is 5.76 Å². The van der Waals surface area contributed by atoms with Crippen molar-refractivity contribution in [2.24, 2.45) is 10.9 Å². The highest BCUT2D eigenvalue weighted by molar-refractivity contribution is 7.89. The fourth-order valence-corrected chi connectivity index (χ4v) is 2.37. The minimum atomic E-state index is -3.66. The molecular formula is C13H15N3O4S. The van der Waals surface area contributed by atoms with E-state index in [-0.39, 0.29) is 10.6 Å². The number of nitrogens with two attached hydrogens (primary N) is 2. The number of benzene rings is 1. The van der Waals surface area contributed by atoms with Gasteiger partial charge in [0, 0.05) is 12.5 Å². The Morgan fingerprint density at radius 3 is 2.38 bits per heavy atom. The van der Waals surface area contributed by atoms with E-state index in [0.717, 1.165) is 18.4 Å². The Kier molecular flexibility index (Phi) is 4.39. The van der Waals surface area contributed by atoms with Crippen molar-refractivity contribution >= 4 is 15.9 Å². The average molecular weight is 309 g/mol. The molecule has 21 heavy (non-hydrogen) atoms. The monoisotopic (exact) mass is 309 g/mol. The number of carbonyl (C=O) groups is 1. The summed E-state index contributed by atoms with van der Waals surface area (Å²) in [5.41, 5.74) is 6.17. The minimum absolute atomic E-state index is 0.0904. The minimum Gasteiger partial charge on any atom is -0.364 e. The van der Waals surface area contributed by atoms with Crippen LogP contribution < -0.4 is 10.9 Å². The largest absolute Gasteiger partial charge is 0.364 e. The summed E-state index contributed by atoms with van der Waals surface area (Å²) in [5.74, 6) is -0.0338. The SMILES string of the molecule is NC(=O)c1cc(CCCc2ccc(S(N)(=O)=O)cc2)on1. The van der Waals surface area contributed by atoms with Gasteiger partial charge in [0.2, 0.25) is 10.0 Å². The lowest BCUT2D eigenvalue weighted by Gasteiger charge is -2.02. The van der Waals surface area contributed by atoms with E-state index in [1.165, 1.54) is 18.2 Å². The Morgan fingerprint density at radius 1 is 1.19 bits per heavy atom. The molecule has 7 nitrogen and oxygen atoms in total. The lowest BCUT2D eigenvalue weighted by Crippen LogP contribution is -2.11. The van der Waals surface area contributed by atoms with Crippen LogP contribution in [0, 0.1) is 0 Å². The summed E-state index contributed by atoms with van der Waals surface area (Å²) in [6.07, 6.45) is 2.11. The van der Waals surface area contributed by atoms with Crippen molar-refractivity contribution in [2.45, 2.75) is 24.2 Å². The Morgan fingerprint density at radius 2 is 1.86 bits per heavy atom. The maximum atomic E-state index is 11.1. The number of carbonyl (C=O) groups excluding carboxylic acids is 1. The lowest BCUT2D eigenvalue weighted by molar-refractivity contribution is 0.0991. The molecule has 0 atom stereocenters. The maximum absolute atomic E-state index is 11.1. The number of primary sulfonamides is 1. The van der Waals surface area contributed by atoms with Crippen LogP contribution >= 0.6 is 0 Å². The van der Waals surface area contributed by atoms with Crippen LogP contribution in [0.5, 0.6) is 0 Å².